The molecule has 21 heavy (non-hydrogen) atoms. The number of thioether (sulfide) groups is 1. The Labute approximate surface area is 129 Å². The molecular weight excluding hydrogens is 284 g/mol. The van der Waals surface area contributed by atoms with Crippen LogP contribution in [0.25, 0.3) is 0 Å². The van der Waals surface area contributed by atoms with Crippen molar-refractivity contribution >= 4 is 23.4 Å². The van der Waals surface area contributed by atoms with Gasteiger partial charge in [0.25, 0.3) is 0 Å². The first-order valence-electron chi connectivity index (χ1n) is 6.89. The largest absolute Gasteiger partial charge is 0.325 e. The zero-order valence-corrected chi connectivity index (χ0v) is 13.6. The summed E-state index contributed by atoms with van der Waals surface area (Å²) in [6, 6.07) is 8.02. The van der Waals surface area contributed by atoms with Gasteiger partial charge in [0.15, 0.2) is 5.16 Å². The van der Waals surface area contributed by atoms with Crippen molar-refractivity contribution in [3.8, 4) is 0 Å². The zero-order chi connectivity index (χ0) is 15.4. The molecule has 6 heteroatoms. The van der Waals surface area contributed by atoms with Gasteiger partial charge in [-0.1, -0.05) is 30.0 Å². The topological polar surface area (TPSA) is 59.8 Å². The number of aryl methyl sites for hydroxylation is 2. The van der Waals surface area contributed by atoms with Gasteiger partial charge in [0.1, 0.15) is 5.82 Å². The number of rotatable bonds is 5. The smallest absolute Gasteiger partial charge is 0.234 e. The van der Waals surface area contributed by atoms with Crippen molar-refractivity contribution in [1.29, 1.82) is 0 Å². The average Bonchev–Trinajstić information content (AvgIpc) is 2.80. The van der Waals surface area contributed by atoms with E-state index in [0.717, 1.165) is 22.2 Å². The third kappa shape index (κ3) is 3.85. The fraction of sp³-hybridized carbons (Fsp3) is 0.400. The van der Waals surface area contributed by atoms with E-state index in [2.05, 4.69) is 29.4 Å². The molecule has 0 bridgehead atoms. The Hall–Kier alpha value is -1.82. The van der Waals surface area contributed by atoms with Crippen LogP contribution < -0.4 is 5.32 Å². The molecule has 0 spiro atoms. The summed E-state index contributed by atoms with van der Waals surface area (Å²) in [6.45, 7) is 8.05. The van der Waals surface area contributed by atoms with E-state index in [-0.39, 0.29) is 11.9 Å². The van der Waals surface area contributed by atoms with Crippen molar-refractivity contribution in [2.24, 2.45) is 0 Å². The fourth-order valence-corrected chi connectivity index (χ4v) is 2.99. The van der Waals surface area contributed by atoms with Crippen molar-refractivity contribution < 1.29 is 4.79 Å². The van der Waals surface area contributed by atoms with Crippen molar-refractivity contribution in [1.82, 2.24) is 14.8 Å². The molecule has 5 nitrogen and oxygen atoms in total. The number of amides is 1. The van der Waals surface area contributed by atoms with Crippen molar-refractivity contribution in [2.75, 3.05) is 11.1 Å². The average molecular weight is 304 g/mol. The molecule has 0 aliphatic rings. The number of para-hydroxylation sites is 1. The van der Waals surface area contributed by atoms with E-state index < -0.39 is 0 Å². The number of nitrogens with one attached hydrogen (secondary N) is 1. The highest BCUT2D eigenvalue weighted by atomic mass is 32.2. The second kappa shape index (κ2) is 6.76. The van der Waals surface area contributed by atoms with Crippen molar-refractivity contribution in [3.05, 3.63) is 35.7 Å². The minimum absolute atomic E-state index is 0.0368. The highest BCUT2D eigenvalue weighted by Gasteiger charge is 2.14. The Morgan fingerprint density at radius 3 is 2.67 bits per heavy atom. The summed E-state index contributed by atoms with van der Waals surface area (Å²) in [7, 11) is 0. The van der Waals surface area contributed by atoms with Crippen LogP contribution in [0.3, 0.4) is 0 Å². The molecule has 0 saturated heterocycles. The molecule has 2 rings (SSSR count). The molecule has 0 aliphatic carbocycles. The lowest BCUT2D eigenvalue weighted by Crippen LogP contribution is -2.15. The summed E-state index contributed by atoms with van der Waals surface area (Å²) >= 11 is 1.41. The van der Waals surface area contributed by atoms with E-state index in [9.17, 15) is 4.79 Å². The summed E-state index contributed by atoms with van der Waals surface area (Å²) in [6.07, 6.45) is 0. The standard InChI is InChI=1S/C15H20N4OS/c1-10(2)19-12(4)17-18-15(19)21-9-14(20)16-13-8-6-5-7-11(13)3/h5-8,10H,9H2,1-4H3,(H,16,20). The number of hydrogen-bond acceptors (Lipinski definition) is 4. The maximum Gasteiger partial charge on any atom is 0.234 e. The number of carbonyl (C=O) groups excluding carboxylic acids is 1. The molecule has 1 heterocycles. The Bertz CT molecular complexity index is 636. The second-order valence-corrected chi connectivity index (χ2v) is 6.09. The molecule has 2 aromatic rings. The first-order chi connectivity index (χ1) is 9.99. The van der Waals surface area contributed by atoms with Crippen LogP contribution in [0.2, 0.25) is 0 Å². The molecule has 1 aromatic carbocycles. The van der Waals surface area contributed by atoms with Crippen molar-refractivity contribution in [3.63, 3.8) is 0 Å². The molecule has 1 amide bonds. The zero-order valence-electron chi connectivity index (χ0n) is 12.8. The molecular formula is C15H20N4OS. The van der Waals surface area contributed by atoms with E-state index in [0.29, 0.717) is 5.75 Å². The Morgan fingerprint density at radius 2 is 2.00 bits per heavy atom. The van der Waals surface area contributed by atoms with E-state index in [1.165, 1.54) is 11.8 Å². The van der Waals surface area contributed by atoms with Gasteiger partial charge in [-0.25, -0.2) is 0 Å². The molecule has 112 valence electrons. The molecule has 0 fully saturated rings. The van der Waals surface area contributed by atoms with Crippen LogP contribution in [-0.2, 0) is 4.79 Å². The first-order valence-corrected chi connectivity index (χ1v) is 7.87. The normalized spacial score (nSPS) is 10.9. The Balaban J connectivity index is 1.98. The molecule has 0 saturated carbocycles. The minimum Gasteiger partial charge on any atom is -0.325 e. The number of aromatic nitrogens is 3. The molecule has 1 aromatic heterocycles. The summed E-state index contributed by atoms with van der Waals surface area (Å²) in [5.74, 6) is 1.15. The van der Waals surface area contributed by atoms with Gasteiger partial charge < -0.3 is 9.88 Å². The Morgan fingerprint density at radius 1 is 1.29 bits per heavy atom. The van der Waals surface area contributed by atoms with Crippen LogP contribution in [0.15, 0.2) is 29.4 Å². The van der Waals surface area contributed by atoms with Crippen LogP contribution in [0.5, 0.6) is 0 Å². The van der Waals surface area contributed by atoms with Gasteiger partial charge in [0.05, 0.1) is 5.75 Å². The molecule has 1 N–H and O–H groups in total. The SMILES string of the molecule is Cc1ccccc1NC(=O)CSc1nnc(C)n1C(C)C. The van der Waals surface area contributed by atoms with Crippen LogP contribution in [0.1, 0.15) is 31.3 Å². The summed E-state index contributed by atoms with van der Waals surface area (Å²) in [4.78, 5) is 12.0. The maximum atomic E-state index is 12.0. The molecule has 0 atom stereocenters. The number of benzene rings is 1. The van der Waals surface area contributed by atoms with Crippen LogP contribution in [0.4, 0.5) is 5.69 Å². The van der Waals surface area contributed by atoms with Gasteiger partial charge in [-0.15, -0.1) is 10.2 Å². The van der Waals surface area contributed by atoms with Gasteiger partial charge in [0, 0.05) is 11.7 Å². The lowest BCUT2D eigenvalue weighted by molar-refractivity contribution is -0.113. The van der Waals surface area contributed by atoms with E-state index in [4.69, 9.17) is 0 Å². The number of carbonyl (C=O) groups is 1. The van der Waals surface area contributed by atoms with E-state index in [1.54, 1.807) is 0 Å². The van der Waals surface area contributed by atoms with Crippen molar-refractivity contribution in [2.45, 2.75) is 38.9 Å². The fourth-order valence-electron chi connectivity index (χ4n) is 2.07. The van der Waals surface area contributed by atoms with Gasteiger partial charge in [-0.2, -0.15) is 0 Å². The minimum atomic E-state index is -0.0368. The van der Waals surface area contributed by atoms with E-state index in [1.807, 2.05) is 42.7 Å². The van der Waals surface area contributed by atoms with E-state index >= 15 is 0 Å². The second-order valence-electron chi connectivity index (χ2n) is 5.15. The predicted molar refractivity (Wildman–Crippen MR) is 85.7 cm³/mol. The van der Waals surface area contributed by atoms with Crippen LogP contribution >= 0.6 is 11.8 Å². The third-order valence-electron chi connectivity index (χ3n) is 3.10. The predicted octanol–water partition coefficient (Wildman–Crippen LogP) is 3.21. The summed E-state index contributed by atoms with van der Waals surface area (Å²) in [5.41, 5.74) is 1.90. The summed E-state index contributed by atoms with van der Waals surface area (Å²) < 4.78 is 2.03. The van der Waals surface area contributed by atoms with Gasteiger partial charge in [-0.05, 0) is 39.3 Å². The number of nitrogens with zero attached hydrogens (tertiary/aromatic N) is 3. The lowest BCUT2D eigenvalue weighted by atomic mass is 10.2. The molecule has 0 unspecified atom stereocenters. The van der Waals surface area contributed by atoms with Gasteiger partial charge >= 0.3 is 0 Å². The highest BCUT2D eigenvalue weighted by molar-refractivity contribution is 7.99. The van der Waals surface area contributed by atoms with Gasteiger partial charge in [0.2, 0.25) is 5.91 Å². The third-order valence-corrected chi connectivity index (χ3v) is 4.05. The maximum absolute atomic E-state index is 12.0. The first kappa shape index (κ1) is 15.6. The van der Waals surface area contributed by atoms with Gasteiger partial charge in [-0.3, -0.25) is 4.79 Å². The lowest BCUT2D eigenvalue weighted by Gasteiger charge is -2.12. The quantitative estimate of drug-likeness (QED) is 0.862. The monoisotopic (exact) mass is 304 g/mol. The molecule has 0 aliphatic heterocycles. The van der Waals surface area contributed by atoms with Crippen LogP contribution in [-0.4, -0.2) is 26.4 Å². The summed E-state index contributed by atoms with van der Waals surface area (Å²) in [5, 5.41) is 11.9. The number of hydrogen-bond donors (Lipinski definition) is 1. The molecule has 0 radical (unpaired) electrons. The number of anilines is 1. The van der Waals surface area contributed by atoms with Crippen LogP contribution in [0, 0.1) is 13.8 Å². The Kier molecular flexibility index (Phi) is 5.01. The highest BCUT2D eigenvalue weighted by Crippen LogP contribution is 2.21.